The molecule has 0 saturated heterocycles. The average molecular weight is 279 g/mol. The minimum Gasteiger partial charge on any atom is -0.383 e. The molecule has 6 nitrogen and oxygen atoms in total. The van der Waals surface area contributed by atoms with E-state index in [4.69, 9.17) is 0 Å². The molecule has 1 aliphatic carbocycles. The van der Waals surface area contributed by atoms with Crippen molar-refractivity contribution >= 4 is 5.96 Å². The number of nitrogens with one attached hydrogen (secondary N) is 2. The van der Waals surface area contributed by atoms with Crippen LogP contribution in [0.15, 0.2) is 17.4 Å². The van der Waals surface area contributed by atoms with Gasteiger partial charge in [0, 0.05) is 32.4 Å². The molecule has 20 heavy (non-hydrogen) atoms. The van der Waals surface area contributed by atoms with Gasteiger partial charge >= 0.3 is 0 Å². The Morgan fingerprint density at radius 3 is 2.80 bits per heavy atom. The number of aryl methyl sites for hydroxylation is 1. The molecule has 2 rings (SSSR count). The molecular formula is C14H25N5O. The fourth-order valence-corrected chi connectivity index (χ4v) is 2.19. The molecule has 1 fully saturated rings. The van der Waals surface area contributed by atoms with Crippen LogP contribution in [0.5, 0.6) is 0 Å². The third-order valence-corrected chi connectivity index (χ3v) is 3.96. The summed E-state index contributed by atoms with van der Waals surface area (Å²) in [6, 6.07) is 0. The van der Waals surface area contributed by atoms with Crippen molar-refractivity contribution in [2.45, 2.75) is 25.9 Å². The van der Waals surface area contributed by atoms with Gasteiger partial charge < -0.3 is 15.7 Å². The van der Waals surface area contributed by atoms with Crippen molar-refractivity contribution in [1.29, 1.82) is 0 Å². The number of guanidine groups is 1. The Labute approximate surface area is 120 Å². The van der Waals surface area contributed by atoms with Gasteiger partial charge in [-0.1, -0.05) is 6.92 Å². The van der Waals surface area contributed by atoms with Crippen molar-refractivity contribution in [3.05, 3.63) is 18.0 Å². The molecule has 1 aromatic rings. The lowest BCUT2D eigenvalue weighted by molar-refractivity contribution is 0.0616. The lowest BCUT2D eigenvalue weighted by Crippen LogP contribution is -2.45. The predicted octanol–water partition coefficient (Wildman–Crippen LogP) is 0.449. The van der Waals surface area contributed by atoms with E-state index in [0.29, 0.717) is 6.54 Å². The van der Waals surface area contributed by atoms with E-state index in [9.17, 15) is 5.11 Å². The number of hydrogen-bond donors (Lipinski definition) is 3. The Morgan fingerprint density at radius 1 is 1.60 bits per heavy atom. The standard InChI is InChI=1S/C14H25N5O/c1-10-5-11(10)6-16-13(15-3)17-9-14(2,20)12-7-18-19(4)8-12/h7-8,10-11,20H,5-6,9H2,1-4H3,(H2,15,16,17). The van der Waals surface area contributed by atoms with Gasteiger partial charge in [0.25, 0.3) is 0 Å². The van der Waals surface area contributed by atoms with Crippen LogP contribution in [0.4, 0.5) is 0 Å². The molecule has 6 heteroatoms. The summed E-state index contributed by atoms with van der Waals surface area (Å²) < 4.78 is 1.69. The molecule has 0 aliphatic heterocycles. The molecule has 1 heterocycles. The zero-order chi connectivity index (χ0) is 14.8. The molecular weight excluding hydrogens is 254 g/mol. The molecule has 1 saturated carbocycles. The van der Waals surface area contributed by atoms with E-state index in [1.165, 1.54) is 6.42 Å². The normalized spacial score (nSPS) is 25.1. The zero-order valence-corrected chi connectivity index (χ0v) is 12.7. The van der Waals surface area contributed by atoms with Crippen LogP contribution in [0.2, 0.25) is 0 Å². The highest BCUT2D eigenvalue weighted by Gasteiger charge is 2.32. The van der Waals surface area contributed by atoms with E-state index in [-0.39, 0.29) is 0 Å². The lowest BCUT2D eigenvalue weighted by Gasteiger charge is -2.23. The number of aliphatic hydroxyl groups is 1. The van der Waals surface area contributed by atoms with Crippen LogP contribution in [-0.4, -0.2) is 41.0 Å². The summed E-state index contributed by atoms with van der Waals surface area (Å²) in [6.07, 6.45) is 4.80. The van der Waals surface area contributed by atoms with Gasteiger partial charge in [-0.2, -0.15) is 5.10 Å². The van der Waals surface area contributed by atoms with Crippen molar-refractivity contribution in [2.75, 3.05) is 20.1 Å². The first-order chi connectivity index (χ1) is 9.42. The molecule has 3 atom stereocenters. The van der Waals surface area contributed by atoms with Crippen molar-refractivity contribution in [3.8, 4) is 0 Å². The van der Waals surface area contributed by atoms with Gasteiger partial charge in [0.15, 0.2) is 5.96 Å². The predicted molar refractivity (Wildman–Crippen MR) is 79.4 cm³/mol. The molecule has 0 bridgehead atoms. The largest absolute Gasteiger partial charge is 0.383 e. The summed E-state index contributed by atoms with van der Waals surface area (Å²) in [7, 11) is 3.58. The van der Waals surface area contributed by atoms with E-state index in [1.54, 1.807) is 24.9 Å². The molecule has 3 N–H and O–H groups in total. The third kappa shape index (κ3) is 3.72. The first-order valence-electron chi connectivity index (χ1n) is 7.08. The minimum absolute atomic E-state index is 0.387. The lowest BCUT2D eigenvalue weighted by atomic mass is 10.00. The van der Waals surface area contributed by atoms with Gasteiger partial charge in [-0.15, -0.1) is 0 Å². The van der Waals surface area contributed by atoms with Crippen molar-refractivity contribution in [3.63, 3.8) is 0 Å². The quantitative estimate of drug-likeness (QED) is 0.540. The second kappa shape index (κ2) is 5.83. The molecule has 0 amide bonds. The van der Waals surface area contributed by atoms with E-state index in [1.807, 2.05) is 13.2 Å². The Hall–Kier alpha value is -1.56. The number of rotatable bonds is 5. The number of hydrogen-bond acceptors (Lipinski definition) is 3. The van der Waals surface area contributed by atoms with Crippen LogP contribution < -0.4 is 10.6 Å². The maximum atomic E-state index is 10.5. The van der Waals surface area contributed by atoms with Crippen LogP contribution in [0.25, 0.3) is 0 Å². The summed E-state index contributed by atoms with van der Waals surface area (Å²) in [5, 5.41) is 21.0. The van der Waals surface area contributed by atoms with Crippen LogP contribution in [0, 0.1) is 11.8 Å². The molecule has 3 unspecified atom stereocenters. The van der Waals surface area contributed by atoms with Gasteiger partial charge in [0.1, 0.15) is 5.60 Å². The van der Waals surface area contributed by atoms with Gasteiger partial charge in [-0.3, -0.25) is 9.67 Å². The van der Waals surface area contributed by atoms with Gasteiger partial charge in [0.2, 0.25) is 0 Å². The smallest absolute Gasteiger partial charge is 0.191 e. The molecule has 112 valence electrons. The van der Waals surface area contributed by atoms with E-state index in [0.717, 1.165) is 29.9 Å². The van der Waals surface area contributed by atoms with Crippen molar-refractivity contribution in [2.24, 2.45) is 23.9 Å². The monoisotopic (exact) mass is 279 g/mol. The van der Waals surface area contributed by atoms with Gasteiger partial charge in [-0.05, 0) is 25.2 Å². The Bertz CT molecular complexity index is 480. The highest BCUT2D eigenvalue weighted by atomic mass is 16.3. The maximum absolute atomic E-state index is 10.5. The summed E-state index contributed by atoms with van der Waals surface area (Å²) >= 11 is 0. The average Bonchev–Trinajstić information content (AvgIpc) is 2.91. The highest BCUT2D eigenvalue weighted by Crippen LogP contribution is 2.36. The Kier molecular flexibility index (Phi) is 4.32. The number of aliphatic imine (C=N–C) groups is 1. The molecule has 0 radical (unpaired) electrons. The summed E-state index contributed by atoms with van der Waals surface area (Å²) in [5.74, 6) is 2.31. The topological polar surface area (TPSA) is 74.5 Å². The number of nitrogens with zero attached hydrogens (tertiary/aromatic N) is 3. The van der Waals surface area contributed by atoms with Gasteiger partial charge in [-0.25, -0.2) is 0 Å². The van der Waals surface area contributed by atoms with Gasteiger partial charge in [0.05, 0.1) is 12.7 Å². The third-order valence-electron chi connectivity index (χ3n) is 3.96. The fraction of sp³-hybridized carbons (Fsp3) is 0.714. The molecule has 0 aromatic carbocycles. The van der Waals surface area contributed by atoms with Crippen molar-refractivity contribution in [1.82, 2.24) is 20.4 Å². The summed E-state index contributed by atoms with van der Waals surface area (Å²) in [4.78, 5) is 4.18. The fourth-order valence-electron chi connectivity index (χ4n) is 2.19. The van der Waals surface area contributed by atoms with E-state index >= 15 is 0 Å². The molecule has 1 aromatic heterocycles. The Morgan fingerprint density at radius 2 is 2.30 bits per heavy atom. The minimum atomic E-state index is -0.973. The summed E-state index contributed by atoms with van der Waals surface area (Å²) in [6.45, 7) is 5.36. The molecule has 1 aliphatic rings. The maximum Gasteiger partial charge on any atom is 0.191 e. The SMILES string of the molecule is CN=C(NCC1CC1C)NCC(C)(O)c1cnn(C)c1. The second-order valence-corrected chi connectivity index (χ2v) is 5.96. The van der Waals surface area contributed by atoms with Crippen molar-refractivity contribution < 1.29 is 5.11 Å². The van der Waals surface area contributed by atoms with Crippen LogP contribution in [-0.2, 0) is 12.6 Å². The van der Waals surface area contributed by atoms with Crippen LogP contribution >= 0.6 is 0 Å². The first-order valence-corrected chi connectivity index (χ1v) is 7.08. The van der Waals surface area contributed by atoms with Crippen LogP contribution in [0.3, 0.4) is 0 Å². The second-order valence-electron chi connectivity index (χ2n) is 5.96. The van der Waals surface area contributed by atoms with E-state index < -0.39 is 5.60 Å². The Balaban J connectivity index is 1.82. The zero-order valence-electron chi connectivity index (χ0n) is 12.7. The highest BCUT2D eigenvalue weighted by molar-refractivity contribution is 5.79. The number of aromatic nitrogens is 2. The van der Waals surface area contributed by atoms with E-state index in [2.05, 4.69) is 27.6 Å². The van der Waals surface area contributed by atoms with Crippen LogP contribution in [0.1, 0.15) is 25.8 Å². The first kappa shape index (κ1) is 14.8. The summed E-state index contributed by atoms with van der Waals surface area (Å²) in [5.41, 5.74) is -0.183. The molecule has 0 spiro atoms.